The average Bonchev–Trinajstić information content (AvgIpc) is 3.21. The van der Waals surface area contributed by atoms with Crippen LogP contribution in [0, 0.1) is 0 Å². The lowest BCUT2D eigenvalue weighted by Crippen LogP contribution is -2.39. The molecule has 7 nitrogen and oxygen atoms in total. The van der Waals surface area contributed by atoms with Gasteiger partial charge < -0.3 is 10.3 Å². The molecule has 0 spiro atoms. The molecule has 26 heavy (non-hydrogen) atoms. The summed E-state index contributed by atoms with van der Waals surface area (Å²) in [6, 6.07) is 11.7. The van der Waals surface area contributed by atoms with Gasteiger partial charge in [0, 0.05) is 37.6 Å². The highest BCUT2D eigenvalue weighted by atomic mass is 15.4. The van der Waals surface area contributed by atoms with E-state index in [1.807, 2.05) is 0 Å². The lowest BCUT2D eigenvalue weighted by molar-refractivity contribution is 0.278. The number of benzene rings is 1. The third-order valence-corrected chi connectivity index (χ3v) is 5.67. The molecule has 0 radical (unpaired) electrons. The van der Waals surface area contributed by atoms with Gasteiger partial charge in [0.2, 0.25) is 0 Å². The molecule has 1 aliphatic carbocycles. The van der Waals surface area contributed by atoms with Crippen molar-refractivity contribution < 1.29 is 0 Å². The van der Waals surface area contributed by atoms with Crippen molar-refractivity contribution in [2.45, 2.75) is 49.9 Å². The highest BCUT2D eigenvalue weighted by molar-refractivity contribution is 5.20. The first kappa shape index (κ1) is 17.6. The van der Waals surface area contributed by atoms with E-state index in [2.05, 4.69) is 74.9 Å². The van der Waals surface area contributed by atoms with E-state index >= 15 is 0 Å². The first-order chi connectivity index (χ1) is 12.6. The number of nitrogens with zero attached hydrogens (tertiary/aromatic N) is 4. The van der Waals surface area contributed by atoms with Crippen LogP contribution in [0.1, 0.15) is 48.4 Å². The van der Waals surface area contributed by atoms with Crippen molar-refractivity contribution in [3.05, 3.63) is 47.5 Å². The summed E-state index contributed by atoms with van der Waals surface area (Å²) < 4.78 is 2.15. The molecule has 2 fully saturated rings. The molecular weight excluding hydrogens is 326 g/mol. The number of aromatic nitrogens is 3. The number of rotatable bonds is 6. The topological polar surface area (TPSA) is 84.0 Å². The van der Waals surface area contributed by atoms with E-state index in [1.54, 1.807) is 0 Å². The van der Waals surface area contributed by atoms with E-state index in [1.165, 1.54) is 5.56 Å². The van der Waals surface area contributed by atoms with Crippen LogP contribution in [0.4, 0.5) is 0 Å². The highest BCUT2D eigenvalue weighted by Crippen LogP contribution is 2.34. The molecule has 2 aliphatic rings. The molecule has 7 heteroatoms. The van der Waals surface area contributed by atoms with Gasteiger partial charge in [0.05, 0.1) is 6.54 Å². The zero-order valence-corrected chi connectivity index (χ0v) is 15.6. The van der Waals surface area contributed by atoms with E-state index in [-0.39, 0.29) is 0 Å². The summed E-state index contributed by atoms with van der Waals surface area (Å²) in [6.07, 6.45) is 3.14. The van der Waals surface area contributed by atoms with E-state index in [9.17, 15) is 0 Å². The molecule has 0 bridgehead atoms. The molecule has 2 aromatic rings. The molecule has 0 amide bonds. The summed E-state index contributed by atoms with van der Waals surface area (Å²) in [5.41, 5.74) is 14.1. The van der Waals surface area contributed by atoms with Crippen molar-refractivity contribution >= 4 is 0 Å². The molecule has 4 N–H and O–H groups in total. The molecule has 2 heterocycles. The maximum atomic E-state index is 5.91. The maximum absolute atomic E-state index is 5.91. The second-order valence-electron chi connectivity index (χ2n) is 7.84. The van der Waals surface area contributed by atoms with Crippen LogP contribution in [-0.2, 0) is 13.6 Å². The Labute approximate surface area is 154 Å². The van der Waals surface area contributed by atoms with Crippen molar-refractivity contribution in [3.63, 3.8) is 0 Å². The van der Waals surface area contributed by atoms with Gasteiger partial charge in [-0.2, -0.15) is 0 Å². The summed E-state index contributed by atoms with van der Waals surface area (Å²) in [5, 5.41) is 8.83. The molecule has 2 unspecified atom stereocenters. The Morgan fingerprint density at radius 1 is 1.15 bits per heavy atom. The Bertz CT molecular complexity index is 723. The predicted molar refractivity (Wildman–Crippen MR) is 101 cm³/mol. The second kappa shape index (κ2) is 7.44. The largest absolute Gasteiger partial charge is 0.328 e. The van der Waals surface area contributed by atoms with Crippen molar-refractivity contribution in [1.29, 1.82) is 0 Å². The van der Waals surface area contributed by atoms with Crippen LogP contribution in [0.3, 0.4) is 0 Å². The predicted octanol–water partition coefficient (Wildman–Crippen LogP) is 1.06. The summed E-state index contributed by atoms with van der Waals surface area (Å²) in [7, 11) is 4.22. The zero-order valence-electron chi connectivity index (χ0n) is 15.6. The number of hydrogen-bond donors (Lipinski definition) is 3. The van der Waals surface area contributed by atoms with Crippen LogP contribution < -0.4 is 16.6 Å². The summed E-state index contributed by atoms with van der Waals surface area (Å²) in [6.45, 7) is 1.77. The number of nitrogens with two attached hydrogens (primary N) is 1. The normalized spacial score (nSPS) is 28.5. The fraction of sp³-hybridized carbons (Fsp3) is 0.579. The lowest BCUT2D eigenvalue weighted by Gasteiger charge is -2.31. The van der Waals surface area contributed by atoms with Crippen LogP contribution in [-0.4, -0.2) is 45.3 Å². The Morgan fingerprint density at radius 3 is 2.65 bits per heavy atom. The number of likely N-dealkylation sites (N-methyl/N-ethyl adjacent to an activating group) is 1. The average molecular weight is 355 g/mol. The molecular formula is C19H29N7. The van der Waals surface area contributed by atoms with Gasteiger partial charge in [-0.1, -0.05) is 30.3 Å². The van der Waals surface area contributed by atoms with Gasteiger partial charge in [-0.3, -0.25) is 10.3 Å². The minimum atomic E-state index is 0.335. The maximum Gasteiger partial charge on any atom is 0.146 e. The minimum absolute atomic E-state index is 0.335. The highest BCUT2D eigenvalue weighted by Gasteiger charge is 2.32. The number of hydrazine groups is 1. The smallest absolute Gasteiger partial charge is 0.146 e. The molecule has 1 saturated carbocycles. The van der Waals surface area contributed by atoms with Gasteiger partial charge in [-0.25, -0.2) is 5.43 Å². The van der Waals surface area contributed by atoms with Crippen molar-refractivity contribution in [2.75, 3.05) is 13.6 Å². The monoisotopic (exact) mass is 355 g/mol. The van der Waals surface area contributed by atoms with Crippen LogP contribution >= 0.6 is 0 Å². The SMILES string of the molecule is CN(Cc1nnc(C2CC(N)C2)n1C)CC1CC(c2ccccc2)NN1. The molecule has 1 aliphatic heterocycles. The zero-order chi connectivity index (χ0) is 18.1. The molecule has 2 atom stereocenters. The van der Waals surface area contributed by atoms with E-state index in [4.69, 9.17) is 5.73 Å². The van der Waals surface area contributed by atoms with Gasteiger partial charge in [-0.05, 0) is 31.9 Å². The van der Waals surface area contributed by atoms with Crippen LogP contribution in [0.25, 0.3) is 0 Å². The second-order valence-corrected chi connectivity index (χ2v) is 7.84. The first-order valence-corrected chi connectivity index (χ1v) is 9.48. The fourth-order valence-electron chi connectivity index (χ4n) is 4.07. The standard InChI is InChI=1S/C19H29N7/c1-25(11-16-10-17(22-21-16)13-6-4-3-5-7-13)12-18-23-24-19(26(18)2)14-8-15(20)9-14/h3-7,14-17,21-22H,8-12,20H2,1-2H3. The molecule has 140 valence electrons. The lowest BCUT2D eigenvalue weighted by atomic mass is 9.80. The third kappa shape index (κ3) is 3.66. The Morgan fingerprint density at radius 2 is 1.92 bits per heavy atom. The van der Waals surface area contributed by atoms with Gasteiger partial charge in [0.15, 0.2) is 0 Å². The van der Waals surface area contributed by atoms with Gasteiger partial charge >= 0.3 is 0 Å². The van der Waals surface area contributed by atoms with Crippen molar-refractivity contribution in [2.24, 2.45) is 12.8 Å². The van der Waals surface area contributed by atoms with E-state index < -0.39 is 0 Å². The first-order valence-electron chi connectivity index (χ1n) is 9.48. The van der Waals surface area contributed by atoms with E-state index in [0.717, 1.165) is 44.0 Å². The Kier molecular flexibility index (Phi) is 5.04. The van der Waals surface area contributed by atoms with Crippen molar-refractivity contribution in [3.8, 4) is 0 Å². The van der Waals surface area contributed by atoms with E-state index in [0.29, 0.717) is 24.0 Å². The Hall–Kier alpha value is -1.80. The summed E-state index contributed by atoms with van der Waals surface area (Å²) in [5.74, 6) is 2.59. The number of hydrogen-bond acceptors (Lipinski definition) is 6. The fourth-order valence-corrected chi connectivity index (χ4v) is 4.07. The number of nitrogens with one attached hydrogen (secondary N) is 2. The Balaban J connectivity index is 1.30. The van der Waals surface area contributed by atoms with Gasteiger partial charge in [0.1, 0.15) is 11.6 Å². The molecule has 1 saturated heterocycles. The molecule has 1 aromatic heterocycles. The molecule has 1 aromatic carbocycles. The quantitative estimate of drug-likeness (QED) is 0.719. The van der Waals surface area contributed by atoms with Crippen LogP contribution in [0.2, 0.25) is 0 Å². The van der Waals surface area contributed by atoms with Crippen molar-refractivity contribution in [1.82, 2.24) is 30.5 Å². The van der Waals surface area contributed by atoms with Crippen LogP contribution in [0.15, 0.2) is 30.3 Å². The van der Waals surface area contributed by atoms with Gasteiger partial charge in [-0.15, -0.1) is 10.2 Å². The minimum Gasteiger partial charge on any atom is -0.328 e. The van der Waals surface area contributed by atoms with Crippen LogP contribution in [0.5, 0.6) is 0 Å². The summed E-state index contributed by atoms with van der Waals surface area (Å²) >= 11 is 0. The van der Waals surface area contributed by atoms with Gasteiger partial charge in [0.25, 0.3) is 0 Å². The molecule has 4 rings (SSSR count). The summed E-state index contributed by atoms with van der Waals surface area (Å²) in [4.78, 5) is 2.31. The third-order valence-electron chi connectivity index (χ3n) is 5.67.